The lowest BCUT2D eigenvalue weighted by atomic mass is 9.99. The van der Waals surface area contributed by atoms with Crippen LogP contribution in [0.15, 0.2) is 51.5 Å². The molecule has 6 nitrogen and oxygen atoms in total. The van der Waals surface area contributed by atoms with Crippen LogP contribution >= 0.6 is 15.9 Å². The van der Waals surface area contributed by atoms with Gasteiger partial charge in [-0.2, -0.15) is 18.3 Å². The molecule has 154 valence electrons. The smallest absolute Gasteiger partial charge is 0.416 e. The Balaban J connectivity index is 1.77. The summed E-state index contributed by atoms with van der Waals surface area (Å²) in [4.78, 5) is 12.6. The maximum absolute atomic E-state index is 13.2. The molecule has 0 aliphatic rings. The second-order valence-electron chi connectivity index (χ2n) is 6.39. The van der Waals surface area contributed by atoms with Gasteiger partial charge >= 0.3 is 6.18 Å². The summed E-state index contributed by atoms with van der Waals surface area (Å²) < 4.78 is 47.4. The van der Waals surface area contributed by atoms with Crippen LogP contribution in [0.25, 0.3) is 11.5 Å². The van der Waals surface area contributed by atoms with Crippen LogP contribution in [0.5, 0.6) is 0 Å². The quantitative estimate of drug-likeness (QED) is 0.574. The summed E-state index contributed by atoms with van der Waals surface area (Å²) in [7, 11) is 1.73. The van der Waals surface area contributed by atoms with Crippen LogP contribution in [-0.4, -0.2) is 28.3 Å². The molecule has 2 aromatic heterocycles. The maximum atomic E-state index is 13.2. The minimum absolute atomic E-state index is 0.00984. The number of amides is 1. The Morgan fingerprint density at radius 1 is 1.34 bits per heavy atom. The van der Waals surface area contributed by atoms with Gasteiger partial charge in [-0.1, -0.05) is 18.2 Å². The largest absolute Gasteiger partial charge is 0.448 e. The van der Waals surface area contributed by atoms with Crippen molar-refractivity contribution in [2.75, 3.05) is 6.54 Å². The Morgan fingerprint density at radius 2 is 2.07 bits per heavy atom. The first kappa shape index (κ1) is 21.1. The van der Waals surface area contributed by atoms with Crippen molar-refractivity contribution in [3.05, 3.63) is 64.0 Å². The Labute approximate surface area is 173 Å². The number of aromatic nitrogens is 2. The molecule has 3 rings (SSSR count). The van der Waals surface area contributed by atoms with E-state index in [-0.39, 0.29) is 24.3 Å². The van der Waals surface area contributed by atoms with E-state index in [2.05, 4.69) is 26.3 Å². The van der Waals surface area contributed by atoms with Crippen LogP contribution in [0.3, 0.4) is 0 Å². The molecule has 1 atom stereocenters. The minimum atomic E-state index is -4.48. The van der Waals surface area contributed by atoms with Crippen molar-refractivity contribution in [1.29, 1.82) is 0 Å². The van der Waals surface area contributed by atoms with Crippen LogP contribution in [0.1, 0.15) is 21.7 Å². The minimum Gasteiger partial charge on any atom is -0.448 e. The fourth-order valence-electron chi connectivity index (χ4n) is 2.94. The zero-order valence-corrected chi connectivity index (χ0v) is 16.9. The first-order valence-electron chi connectivity index (χ1n) is 8.64. The third-order valence-corrected chi connectivity index (χ3v) is 4.96. The summed E-state index contributed by atoms with van der Waals surface area (Å²) in [5.74, 6) is -0.142. The Hall–Kier alpha value is -2.59. The third kappa shape index (κ3) is 4.70. The molecular weight excluding hydrogens is 453 g/mol. The molecule has 0 aliphatic heterocycles. The summed E-state index contributed by atoms with van der Waals surface area (Å²) in [5.41, 5.74) is 5.67. The topological polar surface area (TPSA) is 86.1 Å². The van der Waals surface area contributed by atoms with Crippen molar-refractivity contribution < 1.29 is 22.4 Å². The van der Waals surface area contributed by atoms with E-state index in [1.54, 1.807) is 24.0 Å². The van der Waals surface area contributed by atoms with Crippen LogP contribution in [0.2, 0.25) is 0 Å². The monoisotopic (exact) mass is 470 g/mol. The number of nitrogens with two attached hydrogens (primary N) is 1. The molecule has 1 amide bonds. The Morgan fingerprint density at radius 3 is 2.69 bits per heavy atom. The van der Waals surface area contributed by atoms with E-state index in [1.165, 1.54) is 24.3 Å². The van der Waals surface area contributed by atoms with Gasteiger partial charge in [0, 0.05) is 31.9 Å². The van der Waals surface area contributed by atoms with Crippen LogP contribution in [-0.2, 0) is 19.6 Å². The summed E-state index contributed by atoms with van der Waals surface area (Å²) in [5, 5.41) is 6.69. The highest BCUT2D eigenvalue weighted by Crippen LogP contribution is 2.33. The van der Waals surface area contributed by atoms with Crippen molar-refractivity contribution in [1.82, 2.24) is 15.1 Å². The van der Waals surface area contributed by atoms with Crippen molar-refractivity contribution in [3.63, 3.8) is 0 Å². The first-order valence-corrected chi connectivity index (χ1v) is 9.43. The van der Waals surface area contributed by atoms with Crippen molar-refractivity contribution in [3.8, 4) is 11.5 Å². The zero-order chi connectivity index (χ0) is 21.2. The second-order valence-corrected chi connectivity index (χ2v) is 7.25. The molecule has 3 N–H and O–H groups in total. The molecule has 0 bridgehead atoms. The van der Waals surface area contributed by atoms with Gasteiger partial charge in [0.2, 0.25) is 0 Å². The molecule has 3 aromatic rings. The molecule has 0 unspecified atom stereocenters. The normalized spacial score (nSPS) is 12.8. The number of alkyl halides is 3. The number of hydrogen-bond acceptors (Lipinski definition) is 4. The van der Waals surface area contributed by atoms with Crippen LogP contribution in [0.4, 0.5) is 13.2 Å². The number of carbonyl (C=O) groups is 1. The van der Waals surface area contributed by atoms with Gasteiger partial charge in [-0.05, 0) is 40.0 Å². The van der Waals surface area contributed by atoms with Gasteiger partial charge in [0.25, 0.3) is 5.91 Å². The van der Waals surface area contributed by atoms with Gasteiger partial charge in [-0.25, -0.2) is 0 Å². The van der Waals surface area contributed by atoms with Crippen molar-refractivity contribution >= 4 is 21.8 Å². The fraction of sp³-hybridized carbons (Fsp3) is 0.263. The lowest BCUT2D eigenvalue weighted by Gasteiger charge is -2.19. The van der Waals surface area contributed by atoms with Gasteiger partial charge in [-0.3, -0.25) is 9.48 Å². The number of benzene rings is 1. The molecule has 2 heterocycles. The predicted molar refractivity (Wildman–Crippen MR) is 104 cm³/mol. The molecule has 0 spiro atoms. The van der Waals surface area contributed by atoms with Crippen molar-refractivity contribution in [2.24, 2.45) is 12.8 Å². The molecule has 0 aliphatic carbocycles. The van der Waals surface area contributed by atoms with E-state index in [0.29, 0.717) is 15.9 Å². The highest BCUT2D eigenvalue weighted by atomic mass is 79.9. The van der Waals surface area contributed by atoms with E-state index in [1.807, 2.05) is 0 Å². The van der Waals surface area contributed by atoms with Crippen molar-refractivity contribution in [2.45, 2.75) is 18.6 Å². The number of nitrogens with one attached hydrogen (secondary N) is 1. The Kier molecular flexibility index (Phi) is 6.13. The first-order chi connectivity index (χ1) is 13.7. The van der Waals surface area contributed by atoms with E-state index in [4.69, 9.17) is 10.2 Å². The predicted octanol–water partition coefficient (Wildman–Crippen LogP) is 3.76. The standard InChI is InChI=1S/C19H18BrF3N4O2/c1-27-15(6-7-25-27)17-14(20)9-16(29-17)18(28)26-12(10-24)8-11-4-2-3-5-13(11)19(21,22)23/h2-7,9,12H,8,10,24H2,1H3,(H,26,28)/t12-/m0/s1. The number of rotatable bonds is 6. The Bertz CT molecular complexity index is 1010. The number of aryl methyl sites for hydroxylation is 1. The lowest BCUT2D eigenvalue weighted by molar-refractivity contribution is -0.138. The summed E-state index contributed by atoms with van der Waals surface area (Å²) in [6.45, 7) is -0.0333. The number of nitrogens with zero attached hydrogens (tertiary/aromatic N) is 2. The molecule has 1 aromatic carbocycles. The van der Waals surface area contributed by atoms with Gasteiger partial charge < -0.3 is 15.5 Å². The second kappa shape index (κ2) is 8.42. The average Bonchev–Trinajstić information content (AvgIpc) is 3.25. The summed E-state index contributed by atoms with van der Waals surface area (Å²) in [6.07, 6.45) is -2.95. The highest BCUT2D eigenvalue weighted by molar-refractivity contribution is 9.10. The van der Waals surface area contributed by atoms with Crippen LogP contribution < -0.4 is 11.1 Å². The van der Waals surface area contributed by atoms with Crippen LogP contribution in [0, 0.1) is 0 Å². The molecule has 10 heteroatoms. The lowest BCUT2D eigenvalue weighted by Crippen LogP contribution is -2.42. The zero-order valence-electron chi connectivity index (χ0n) is 15.3. The highest BCUT2D eigenvalue weighted by Gasteiger charge is 2.33. The van der Waals surface area contributed by atoms with Gasteiger partial charge in [0.1, 0.15) is 5.69 Å². The number of carbonyl (C=O) groups excluding carboxylic acids is 1. The van der Waals surface area contributed by atoms with E-state index < -0.39 is 23.7 Å². The maximum Gasteiger partial charge on any atom is 0.416 e. The number of halogens is 4. The van der Waals surface area contributed by atoms with E-state index >= 15 is 0 Å². The van der Waals surface area contributed by atoms with E-state index in [0.717, 1.165) is 6.07 Å². The van der Waals surface area contributed by atoms with Gasteiger partial charge in [0.05, 0.1) is 10.0 Å². The molecule has 0 saturated heterocycles. The summed E-state index contributed by atoms with van der Waals surface area (Å²) >= 11 is 3.34. The SMILES string of the molecule is Cn1nccc1-c1oc(C(=O)N[C@H](CN)Cc2ccccc2C(F)(F)F)cc1Br. The molecular formula is C19H18BrF3N4O2. The molecule has 0 radical (unpaired) electrons. The molecule has 0 fully saturated rings. The van der Waals surface area contributed by atoms with Gasteiger partial charge in [0.15, 0.2) is 11.5 Å². The number of hydrogen-bond donors (Lipinski definition) is 2. The third-order valence-electron chi connectivity index (χ3n) is 4.37. The number of furan rings is 1. The van der Waals surface area contributed by atoms with Gasteiger partial charge in [-0.15, -0.1) is 0 Å². The average molecular weight is 471 g/mol. The van der Waals surface area contributed by atoms with E-state index in [9.17, 15) is 18.0 Å². The fourth-order valence-corrected chi connectivity index (χ4v) is 3.43. The summed E-state index contributed by atoms with van der Waals surface area (Å²) in [6, 6.07) is 7.74. The molecule has 0 saturated carbocycles. The molecule has 29 heavy (non-hydrogen) atoms.